The molecule has 1 aliphatic rings. The number of benzene rings is 1. The largest absolute Gasteiger partial charge is 0.378 e. The average Bonchev–Trinajstić information content (AvgIpc) is 2.67. The highest BCUT2D eigenvalue weighted by Gasteiger charge is 2.45. The first-order chi connectivity index (χ1) is 13.2. The molecule has 1 aromatic carbocycles. The van der Waals surface area contributed by atoms with Crippen LogP contribution in [0.4, 0.5) is 8.78 Å². The average molecular weight is 465 g/mol. The molecule has 0 radical (unpaired) electrons. The van der Waals surface area contributed by atoms with E-state index in [4.69, 9.17) is 11.0 Å². The molecular formula is C19H15BrF2N4OS. The number of carbonyl (C=O) groups excluding carboxylic acids is 1. The number of hydrogen-bond donors (Lipinski definition) is 1. The lowest BCUT2D eigenvalue weighted by atomic mass is 9.87. The minimum Gasteiger partial charge on any atom is -0.378 e. The molecule has 2 N–H and O–H groups in total. The van der Waals surface area contributed by atoms with Crippen LogP contribution in [-0.4, -0.2) is 26.3 Å². The number of aromatic nitrogens is 1. The zero-order valence-corrected chi connectivity index (χ0v) is 17.1. The molecule has 2 heterocycles. The van der Waals surface area contributed by atoms with Crippen LogP contribution in [0.25, 0.3) is 0 Å². The lowest BCUT2D eigenvalue weighted by Crippen LogP contribution is -2.42. The predicted molar refractivity (Wildman–Crippen MR) is 108 cm³/mol. The topological polar surface area (TPSA) is 92.1 Å². The number of halogens is 3. The number of carbonyl (C=O) groups is 1. The van der Waals surface area contributed by atoms with Gasteiger partial charge in [0.2, 0.25) is 0 Å². The van der Waals surface area contributed by atoms with E-state index in [1.165, 1.54) is 36.5 Å². The third kappa shape index (κ3) is 3.93. The Morgan fingerprint density at radius 1 is 1.43 bits per heavy atom. The van der Waals surface area contributed by atoms with Gasteiger partial charge in [-0.2, -0.15) is 5.26 Å². The normalized spacial score (nSPS) is 24.3. The number of ketones is 1. The van der Waals surface area contributed by atoms with Crippen LogP contribution in [0.3, 0.4) is 0 Å². The Kier molecular flexibility index (Phi) is 5.82. The smallest absolute Gasteiger partial charge is 0.185 e. The Hall–Kier alpha value is -2.31. The van der Waals surface area contributed by atoms with Crippen molar-refractivity contribution in [2.45, 2.75) is 29.2 Å². The summed E-state index contributed by atoms with van der Waals surface area (Å²) < 4.78 is 28.9. The van der Waals surface area contributed by atoms with Gasteiger partial charge in [0.15, 0.2) is 16.5 Å². The first kappa shape index (κ1) is 20.4. The number of hydrogen-bond acceptors (Lipinski definition) is 6. The second kappa shape index (κ2) is 7.97. The molecule has 9 heteroatoms. The molecule has 0 aliphatic carbocycles. The molecule has 3 atom stereocenters. The molecule has 28 heavy (non-hydrogen) atoms. The van der Waals surface area contributed by atoms with Gasteiger partial charge >= 0.3 is 0 Å². The van der Waals surface area contributed by atoms with E-state index < -0.39 is 21.7 Å². The number of nitrogens with two attached hydrogens (primary N) is 1. The number of pyridine rings is 1. The summed E-state index contributed by atoms with van der Waals surface area (Å²) in [5, 5.41) is 8.84. The SMILES string of the molecule is C[C@]1(c2cc(CC(=O)c3ccc(C#N)cn3)ccc2F)N=C(N)S[C@H](F)[C@H]1Br. The summed E-state index contributed by atoms with van der Waals surface area (Å²) in [5.74, 6) is -0.844. The first-order valence-electron chi connectivity index (χ1n) is 8.23. The number of thioether (sulfide) groups is 1. The lowest BCUT2D eigenvalue weighted by Gasteiger charge is -2.36. The summed E-state index contributed by atoms with van der Waals surface area (Å²) in [6, 6.07) is 9.14. The summed E-state index contributed by atoms with van der Waals surface area (Å²) in [5.41, 5.74) is 4.30. The summed E-state index contributed by atoms with van der Waals surface area (Å²) >= 11 is 4.05. The molecule has 1 aromatic heterocycles. The van der Waals surface area contributed by atoms with Gasteiger partial charge in [0.05, 0.1) is 10.4 Å². The van der Waals surface area contributed by atoms with E-state index in [-0.39, 0.29) is 28.6 Å². The Morgan fingerprint density at radius 2 is 2.18 bits per heavy atom. The maximum absolute atomic E-state index is 14.6. The van der Waals surface area contributed by atoms with E-state index in [0.717, 1.165) is 11.8 Å². The Labute approximate surface area is 173 Å². The van der Waals surface area contributed by atoms with Gasteiger partial charge in [-0.05, 0) is 36.8 Å². The maximum atomic E-state index is 14.6. The maximum Gasteiger partial charge on any atom is 0.185 e. The molecule has 3 rings (SSSR count). The monoisotopic (exact) mass is 464 g/mol. The van der Waals surface area contributed by atoms with E-state index in [1.807, 2.05) is 6.07 Å². The molecule has 2 aromatic rings. The number of Topliss-reactive ketones (excluding diaryl/α,β-unsaturated/α-hetero) is 1. The van der Waals surface area contributed by atoms with Crippen molar-refractivity contribution >= 4 is 38.6 Å². The van der Waals surface area contributed by atoms with Crippen LogP contribution >= 0.6 is 27.7 Å². The molecule has 0 saturated carbocycles. The molecule has 144 valence electrons. The molecular weight excluding hydrogens is 450 g/mol. The third-order valence-corrected chi connectivity index (χ3v) is 7.00. The van der Waals surface area contributed by atoms with E-state index in [9.17, 15) is 13.6 Å². The summed E-state index contributed by atoms with van der Waals surface area (Å²) in [7, 11) is 0. The molecule has 0 fully saturated rings. The summed E-state index contributed by atoms with van der Waals surface area (Å²) in [6.45, 7) is 1.60. The Bertz CT molecular complexity index is 992. The fourth-order valence-corrected chi connectivity index (χ4v) is 4.46. The second-order valence-electron chi connectivity index (χ2n) is 6.43. The highest BCUT2D eigenvalue weighted by atomic mass is 79.9. The fraction of sp³-hybridized carbons (Fsp3) is 0.263. The number of amidine groups is 1. The van der Waals surface area contributed by atoms with E-state index in [0.29, 0.717) is 11.1 Å². The number of aliphatic imine (C=N–C) groups is 1. The van der Waals surface area contributed by atoms with Gasteiger partial charge in [0.25, 0.3) is 0 Å². The van der Waals surface area contributed by atoms with Crippen LogP contribution in [-0.2, 0) is 12.0 Å². The van der Waals surface area contributed by atoms with E-state index in [1.54, 1.807) is 6.92 Å². The minimum atomic E-state index is -1.39. The van der Waals surface area contributed by atoms with Crippen molar-refractivity contribution in [1.29, 1.82) is 5.26 Å². The van der Waals surface area contributed by atoms with Crippen molar-refractivity contribution < 1.29 is 13.6 Å². The highest BCUT2D eigenvalue weighted by Crippen LogP contribution is 2.44. The molecule has 0 amide bonds. The van der Waals surface area contributed by atoms with Crippen molar-refractivity contribution in [3.63, 3.8) is 0 Å². The number of nitrogens with zero attached hydrogens (tertiary/aromatic N) is 3. The van der Waals surface area contributed by atoms with Gasteiger partial charge < -0.3 is 5.73 Å². The third-order valence-electron chi connectivity index (χ3n) is 4.46. The van der Waals surface area contributed by atoms with Gasteiger partial charge in [0, 0.05) is 18.2 Å². The zero-order chi connectivity index (χ0) is 20.5. The van der Waals surface area contributed by atoms with E-state index >= 15 is 0 Å². The van der Waals surface area contributed by atoms with Gasteiger partial charge in [-0.1, -0.05) is 33.8 Å². The molecule has 5 nitrogen and oxygen atoms in total. The Morgan fingerprint density at radius 3 is 2.82 bits per heavy atom. The number of rotatable bonds is 4. The van der Waals surface area contributed by atoms with Crippen molar-refractivity contribution in [1.82, 2.24) is 4.98 Å². The fourth-order valence-electron chi connectivity index (χ4n) is 2.93. The minimum absolute atomic E-state index is 0.0256. The van der Waals surface area contributed by atoms with Gasteiger partial charge in [-0.25, -0.2) is 8.78 Å². The van der Waals surface area contributed by atoms with Crippen LogP contribution in [0.5, 0.6) is 0 Å². The highest BCUT2D eigenvalue weighted by molar-refractivity contribution is 9.09. The molecule has 0 saturated heterocycles. The first-order valence-corrected chi connectivity index (χ1v) is 10.0. The van der Waals surface area contributed by atoms with Crippen LogP contribution in [0.15, 0.2) is 41.5 Å². The van der Waals surface area contributed by atoms with Gasteiger partial charge in [-0.3, -0.25) is 14.8 Å². The van der Waals surface area contributed by atoms with Crippen molar-refractivity contribution in [3.8, 4) is 6.07 Å². The summed E-state index contributed by atoms with van der Waals surface area (Å²) in [4.78, 5) is 19.9. The molecule has 0 bridgehead atoms. The molecule has 0 spiro atoms. The summed E-state index contributed by atoms with van der Waals surface area (Å²) in [6.07, 6.45) is 1.29. The predicted octanol–water partition coefficient (Wildman–Crippen LogP) is 3.85. The van der Waals surface area contributed by atoms with Crippen LogP contribution in [0, 0.1) is 17.1 Å². The standard InChI is InChI=1S/C19H15BrF2N4OS/c1-19(16(20)17(22)28-18(24)26-19)12-6-10(2-4-13(12)21)7-15(27)14-5-3-11(8-23)9-25-14/h2-6,9,16-17H,7H2,1H3,(H2,24,26)/t16-,17+,19-/m1/s1. The number of alkyl halides is 2. The molecule has 0 unspecified atom stereocenters. The van der Waals surface area contributed by atoms with Gasteiger partial charge in [-0.15, -0.1) is 0 Å². The van der Waals surface area contributed by atoms with Crippen LogP contribution < -0.4 is 5.73 Å². The number of nitriles is 1. The lowest BCUT2D eigenvalue weighted by molar-refractivity contribution is 0.0988. The van der Waals surface area contributed by atoms with Crippen molar-refractivity contribution in [2.75, 3.05) is 0 Å². The quantitative estimate of drug-likeness (QED) is 0.547. The van der Waals surface area contributed by atoms with Crippen LogP contribution in [0.1, 0.15) is 34.1 Å². The molecule has 1 aliphatic heterocycles. The zero-order valence-electron chi connectivity index (χ0n) is 14.7. The van der Waals surface area contributed by atoms with E-state index in [2.05, 4.69) is 25.9 Å². The van der Waals surface area contributed by atoms with Crippen molar-refractivity contribution in [2.24, 2.45) is 10.7 Å². The van der Waals surface area contributed by atoms with Crippen molar-refractivity contribution in [3.05, 3.63) is 64.7 Å². The Balaban J connectivity index is 1.92. The second-order valence-corrected chi connectivity index (χ2v) is 8.52. The van der Waals surface area contributed by atoms with Crippen LogP contribution in [0.2, 0.25) is 0 Å². The van der Waals surface area contributed by atoms with Gasteiger partial charge in [0.1, 0.15) is 23.1 Å².